The number of benzene rings is 3. The fourth-order valence-corrected chi connectivity index (χ4v) is 3.89. The number of para-hydroxylation sites is 2. The van der Waals surface area contributed by atoms with Crippen molar-refractivity contribution >= 4 is 22.4 Å². The molecule has 162 valence electrons. The maximum atomic E-state index is 13.3. The van der Waals surface area contributed by atoms with Crippen molar-refractivity contribution in [3.63, 3.8) is 0 Å². The molecule has 0 aliphatic carbocycles. The Kier molecular flexibility index (Phi) is 5.69. The van der Waals surface area contributed by atoms with Crippen LogP contribution in [0.25, 0.3) is 10.9 Å². The van der Waals surface area contributed by atoms with E-state index >= 15 is 0 Å². The van der Waals surface area contributed by atoms with Gasteiger partial charge in [-0.2, -0.15) is 0 Å². The van der Waals surface area contributed by atoms with Crippen LogP contribution in [0.5, 0.6) is 11.5 Å². The summed E-state index contributed by atoms with van der Waals surface area (Å²) in [5.74, 6) is -0.790. The fraction of sp³-hybridized carbons (Fsp3) is 0.154. The van der Waals surface area contributed by atoms with Crippen LogP contribution in [0.15, 0.2) is 77.6 Å². The molecule has 0 fully saturated rings. The van der Waals surface area contributed by atoms with E-state index in [0.717, 1.165) is 11.3 Å². The molecule has 0 saturated carbocycles. The SMILES string of the molecule is Cc1ccc(N[C@@H](CC(=O)c2c(O)c3ccccc3n(C)c2=O)c2ccccc2O)cc1. The second-order valence-electron chi connectivity index (χ2n) is 7.85. The van der Waals surface area contributed by atoms with Gasteiger partial charge in [-0.3, -0.25) is 9.59 Å². The van der Waals surface area contributed by atoms with Crippen molar-refractivity contribution in [3.05, 3.63) is 99.8 Å². The molecule has 0 unspecified atom stereocenters. The number of carbonyl (C=O) groups excluding carboxylic acids is 1. The van der Waals surface area contributed by atoms with E-state index in [9.17, 15) is 19.8 Å². The number of rotatable bonds is 6. The molecule has 1 heterocycles. The minimum atomic E-state index is -0.609. The molecule has 0 saturated heterocycles. The number of hydrogen-bond acceptors (Lipinski definition) is 5. The Morgan fingerprint density at radius 3 is 2.34 bits per heavy atom. The van der Waals surface area contributed by atoms with Crippen LogP contribution in [-0.2, 0) is 7.05 Å². The summed E-state index contributed by atoms with van der Waals surface area (Å²) in [5, 5.41) is 24.9. The molecule has 0 aliphatic heterocycles. The quantitative estimate of drug-likeness (QED) is 0.388. The average Bonchev–Trinajstić information content (AvgIpc) is 2.79. The van der Waals surface area contributed by atoms with Crippen molar-refractivity contribution in [1.82, 2.24) is 4.57 Å². The Balaban J connectivity index is 1.76. The highest BCUT2D eigenvalue weighted by atomic mass is 16.3. The molecule has 6 heteroatoms. The highest BCUT2D eigenvalue weighted by molar-refractivity contribution is 6.03. The van der Waals surface area contributed by atoms with Gasteiger partial charge >= 0.3 is 0 Å². The number of ketones is 1. The first-order chi connectivity index (χ1) is 15.4. The summed E-state index contributed by atoms with van der Waals surface area (Å²) in [6.45, 7) is 1.98. The maximum absolute atomic E-state index is 13.3. The molecular weight excluding hydrogens is 404 g/mol. The molecule has 0 amide bonds. The Morgan fingerprint density at radius 1 is 0.969 bits per heavy atom. The van der Waals surface area contributed by atoms with E-state index in [1.165, 1.54) is 4.57 Å². The number of Topliss-reactive ketones (excluding diaryl/α,β-unsaturated/α-hetero) is 1. The number of fused-ring (bicyclic) bond motifs is 1. The minimum Gasteiger partial charge on any atom is -0.508 e. The Labute approximate surface area is 185 Å². The zero-order chi connectivity index (χ0) is 22.8. The second kappa shape index (κ2) is 8.59. The van der Waals surface area contributed by atoms with E-state index in [4.69, 9.17) is 0 Å². The van der Waals surface area contributed by atoms with Crippen molar-refractivity contribution in [2.45, 2.75) is 19.4 Å². The number of aromatic hydroxyl groups is 2. The van der Waals surface area contributed by atoms with Crippen LogP contribution < -0.4 is 10.9 Å². The average molecular weight is 428 g/mol. The Bertz CT molecular complexity index is 1360. The predicted octanol–water partition coefficient (Wildman–Crippen LogP) is 4.68. The van der Waals surface area contributed by atoms with Gasteiger partial charge in [-0.25, -0.2) is 0 Å². The van der Waals surface area contributed by atoms with Crippen LogP contribution in [0.3, 0.4) is 0 Å². The van der Waals surface area contributed by atoms with E-state index in [1.54, 1.807) is 55.6 Å². The van der Waals surface area contributed by atoms with E-state index in [0.29, 0.717) is 16.5 Å². The molecule has 0 spiro atoms. The lowest BCUT2D eigenvalue weighted by Gasteiger charge is -2.21. The number of phenols is 1. The van der Waals surface area contributed by atoms with Crippen molar-refractivity contribution in [2.24, 2.45) is 7.05 Å². The number of carbonyl (C=O) groups is 1. The third-order valence-electron chi connectivity index (χ3n) is 5.65. The van der Waals surface area contributed by atoms with Gasteiger partial charge in [0.1, 0.15) is 17.1 Å². The molecule has 32 heavy (non-hydrogen) atoms. The van der Waals surface area contributed by atoms with Crippen molar-refractivity contribution in [2.75, 3.05) is 5.32 Å². The van der Waals surface area contributed by atoms with Crippen LogP contribution in [0, 0.1) is 6.92 Å². The van der Waals surface area contributed by atoms with E-state index in [2.05, 4.69) is 5.32 Å². The number of aryl methyl sites for hydroxylation is 2. The first-order valence-corrected chi connectivity index (χ1v) is 10.3. The molecule has 0 bridgehead atoms. The second-order valence-corrected chi connectivity index (χ2v) is 7.85. The van der Waals surface area contributed by atoms with Crippen LogP contribution in [0.1, 0.15) is 33.9 Å². The summed E-state index contributed by atoms with van der Waals surface area (Å²) >= 11 is 0. The normalized spacial score (nSPS) is 11.9. The molecule has 3 N–H and O–H groups in total. The first-order valence-electron chi connectivity index (χ1n) is 10.3. The van der Waals surface area contributed by atoms with E-state index in [-0.39, 0.29) is 23.5 Å². The summed E-state index contributed by atoms with van der Waals surface area (Å²) in [6, 6.07) is 20.7. The van der Waals surface area contributed by atoms with Gasteiger partial charge in [-0.15, -0.1) is 0 Å². The van der Waals surface area contributed by atoms with Gasteiger partial charge < -0.3 is 20.1 Å². The van der Waals surface area contributed by atoms with E-state index in [1.807, 2.05) is 31.2 Å². The third-order valence-corrected chi connectivity index (χ3v) is 5.65. The van der Waals surface area contributed by atoms with Gasteiger partial charge in [-0.1, -0.05) is 48.0 Å². The van der Waals surface area contributed by atoms with Gasteiger partial charge in [0.05, 0.1) is 11.6 Å². The smallest absolute Gasteiger partial charge is 0.265 e. The maximum Gasteiger partial charge on any atom is 0.265 e. The lowest BCUT2D eigenvalue weighted by Crippen LogP contribution is -2.26. The zero-order valence-corrected chi connectivity index (χ0v) is 17.9. The first kappa shape index (κ1) is 21.2. The highest BCUT2D eigenvalue weighted by Crippen LogP contribution is 2.33. The Hall–Kier alpha value is -4.06. The number of anilines is 1. The molecule has 3 aromatic carbocycles. The van der Waals surface area contributed by atoms with Gasteiger partial charge in [0.2, 0.25) is 0 Å². The lowest BCUT2D eigenvalue weighted by atomic mass is 9.96. The summed E-state index contributed by atoms with van der Waals surface area (Å²) in [6.07, 6.45) is -0.132. The van der Waals surface area contributed by atoms with Crippen LogP contribution in [0.2, 0.25) is 0 Å². The van der Waals surface area contributed by atoms with E-state index < -0.39 is 17.4 Å². The summed E-state index contributed by atoms with van der Waals surface area (Å²) in [4.78, 5) is 26.3. The van der Waals surface area contributed by atoms with Gasteiger partial charge in [0.25, 0.3) is 5.56 Å². The fourth-order valence-electron chi connectivity index (χ4n) is 3.89. The van der Waals surface area contributed by atoms with Crippen molar-refractivity contribution in [3.8, 4) is 11.5 Å². The van der Waals surface area contributed by atoms with Crippen LogP contribution >= 0.6 is 0 Å². The molecule has 6 nitrogen and oxygen atoms in total. The van der Waals surface area contributed by atoms with Crippen molar-refractivity contribution in [1.29, 1.82) is 0 Å². The number of nitrogens with zero attached hydrogens (tertiary/aromatic N) is 1. The molecule has 1 atom stereocenters. The predicted molar refractivity (Wildman–Crippen MR) is 125 cm³/mol. The number of pyridine rings is 1. The largest absolute Gasteiger partial charge is 0.508 e. The summed E-state index contributed by atoms with van der Waals surface area (Å²) in [5.41, 5.74) is 2.12. The molecule has 4 rings (SSSR count). The third kappa shape index (κ3) is 3.95. The minimum absolute atomic E-state index is 0.0422. The zero-order valence-electron chi connectivity index (χ0n) is 17.9. The molecule has 0 radical (unpaired) electrons. The number of aromatic nitrogens is 1. The molecular formula is C26H24N2O4. The lowest BCUT2D eigenvalue weighted by molar-refractivity contribution is 0.0972. The number of phenolic OH excluding ortho intramolecular Hbond substituents is 1. The topological polar surface area (TPSA) is 91.6 Å². The highest BCUT2D eigenvalue weighted by Gasteiger charge is 2.26. The van der Waals surface area contributed by atoms with Gasteiger partial charge in [-0.05, 0) is 37.3 Å². The molecule has 0 aliphatic rings. The summed E-state index contributed by atoms with van der Waals surface area (Å²) in [7, 11) is 1.58. The monoisotopic (exact) mass is 428 g/mol. The van der Waals surface area contributed by atoms with Gasteiger partial charge in [0, 0.05) is 30.1 Å². The van der Waals surface area contributed by atoms with Crippen LogP contribution in [-0.4, -0.2) is 20.6 Å². The standard InChI is InChI=1S/C26H24N2O4/c1-16-11-13-17(14-12-16)27-20(18-7-4-6-10-22(18)29)15-23(30)24-25(31)19-8-3-5-9-21(19)28(2)26(24)32/h3-14,20,27,29,31H,15H2,1-2H3/t20-/m0/s1. The number of nitrogens with one attached hydrogen (secondary N) is 1. The Morgan fingerprint density at radius 2 is 1.62 bits per heavy atom. The van der Waals surface area contributed by atoms with Crippen molar-refractivity contribution < 1.29 is 15.0 Å². The van der Waals surface area contributed by atoms with Crippen LogP contribution in [0.4, 0.5) is 5.69 Å². The van der Waals surface area contributed by atoms with Gasteiger partial charge in [0.15, 0.2) is 5.78 Å². The summed E-state index contributed by atoms with van der Waals surface area (Å²) < 4.78 is 1.37. The number of hydrogen-bond donors (Lipinski definition) is 3. The molecule has 4 aromatic rings. The molecule has 1 aromatic heterocycles.